The fourth-order valence-electron chi connectivity index (χ4n) is 4.21. The van der Waals surface area contributed by atoms with Gasteiger partial charge >= 0.3 is 5.97 Å². The molecule has 0 aliphatic carbocycles. The smallest absolute Gasteiger partial charge is 0.356 e. The number of ether oxygens (including phenoxy) is 2. The van der Waals surface area contributed by atoms with Gasteiger partial charge in [0, 0.05) is 18.7 Å². The van der Waals surface area contributed by atoms with Crippen LogP contribution in [0.4, 0.5) is 5.69 Å². The van der Waals surface area contributed by atoms with Crippen LogP contribution in [0.1, 0.15) is 24.0 Å². The molecule has 206 valence electrons. The number of nitro groups is 1. The van der Waals surface area contributed by atoms with Crippen LogP contribution in [0.15, 0.2) is 54.6 Å². The predicted octanol–water partition coefficient (Wildman–Crippen LogP) is 1.33. The number of thioether (sulfide) groups is 1. The second-order valence-electron chi connectivity index (χ2n) is 9.03. The molecule has 0 aromatic heterocycles. The molecule has 4 rings (SSSR count). The highest BCUT2D eigenvalue weighted by Gasteiger charge is 2.53. The SMILES string of the molecule is O=C(Cc1ccccc1)N[C@@H]1C(=O)N(C(O)C(=O)OCc2ccc([N+](=O)[O-])cc2)[C@@H]1SCC(=O)[C@@H]1CCCO1. The van der Waals surface area contributed by atoms with Gasteiger partial charge in [-0.3, -0.25) is 29.4 Å². The number of nitrogens with zero attached hydrogens (tertiary/aromatic N) is 2. The summed E-state index contributed by atoms with van der Waals surface area (Å²) in [7, 11) is 0. The van der Waals surface area contributed by atoms with E-state index in [0.717, 1.165) is 28.6 Å². The van der Waals surface area contributed by atoms with Gasteiger partial charge < -0.3 is 19.9 Å². The molecule has 4 atom stereocenters. The number of rotatable bonds is 12. The van der Waals surface area contributed by atoms with E-state index in [-0.39, 0.29) is 30.3 Å². The maximum absolute atomic E-state index is 12.9. The van der Waals surface area contributed by atoms with Crippen molar-refractivity contribution < 1.29 is 38.7 Å². The number of aliphatic hydroxyl groups is 1. The molecule has 13 heteroatoms. The number of β-lactam (4-membered cyclic amide) rings is 1. The first kappa shape index (κ1) is 28.2. The molecule has 12 nitrogen and oxygen atoms in total. The van der Waals surface area contributed by atoms with Crippen LogP contribution >= 0.6 is 11.8 Å². The molecular formula is C26H27N3O9S. The third-order valence-electron chi connectivity index (χ3n) is 6.29. The number of aliphatic hydroxyl groups excluding tert-OH is 1. The highest BCUT2D eigenvalue weighted by atomic mass is 32.2. The number of nitrogens with one attached hydrogen (secondary N) is 1. The van der Waals surface area contributed by atoms with Crippen LogP contribution < -0.4 is 5.32 Å². The van der Waals surface area contributed by atoms with E-state index >= 15 is 0 Å². The zero-order chi connectivity index (χ0) is 27.9. The third-order valence-corrected chi connectivity index (χ3v) is 7.58. The van der Waals surface area contributed by atoms with Gasteiger partial charge in [0.25, 0.3) is 11.6 Å². The minimum Gasteiger partial charge on any atom is -0.457 e. The molecule has 2 amide bonds. The molecule has 39 heavy (non-hydrogen) atoms. The second-order valence-corrected chi connectivity index (χ2v) is 10.1. The van der Waals surface area contributed by atoms with Crippen molar-refractivity contribution in [2.75, 3.05) is 12.4 Å². The molecule has 2 N–H and O–H groups in total. The Labute approximate surface area is 227 Å². The zero-order valence-electron chi connectivity index (χ0n) is 20.8. The van der Waals surface area contributed by atoms with E-state index in [1.807, 2.05) is 6.07 Å². The average Bonchev–Trinajstić information content (AvgIpc) is 3.48. The largest absolute Gasteiger partial charge is 0.457 e. The maximum atomic E-state index is 12.9. The number of amides is 2. The number of benzene rings is 2. The summed E-state index contributed by atoms with van der Waals surface area (Å²) in [5.74, 6) is -2.47. The quantitative estimate of drug-likeness (QED) is 0.168. The van der Waals surface area contributed by atoms with Crippen LogP contribution in [-0.4, -0.2) is 74.6 Å². The second kappa shape index (κ2) is 12.8. The van der Waals surface area contributed by atoms with Crippen LogP contribution in [-0.2, 0) is 41.7 Å². The Hall–Kier alpha value is -3.81. The zero-order valence-corrected chi connectivity index (χ0v) is 21.6. The van der Waals surface area contributed by atoms with E-state index in [0.29, 0.717) is 18.6 Å². The monoisotopic (exact) mass is 557 g/mol. The fraction of sp³-hybridized carbons (Fsp3) is 0.385. The van der Waals surface area contributed by atoms with Gasteiger partial charge in [-0.15, -0.1) is 11.8 Å². The van der Waals surface area contributed by atoms with E-state index in [2.05, 4.69) is 5.32 Å². The van der Waals surface area contributed by atoms with Gasteiger partial charge in [0.05, 0.1) is 17.1 Å². The Balaban J connectivity index is 1.39. The lowest BCUT2D eigenvalue weighted by atomic mass is 10.1. The summed E-state index contributed by atoms with van der Waals surface area (Å²) in [4.78, 5) is 61.8. The summed E-state index contributed by atoms with van der Waals surface area (Å²) < 4.78 is 10.5. The Bertz CT molecular complexity index is 1220. The van der Waals surface area contributed by atoms with E-state index in [1.165, 1.54) is 24.3 Å². The van der Waals surface area contributed by atoms with Crippen LogP contribution in [0.3, 0.4) is 0 Å². The summed E-state index contributed by atoms with van der Waals surface area (Å²) in [6.07, 6.45) is -1.12. The molecule has 1 unspecified atom stereocenters. The topological polar surface area (TPSA) is 165 Å². The van der Waals surface area contributed by atoms with Crippen LogP contribution in [0.25, 0.3) is 0 Å². The Morgan fingerprint density at radius 1 is 1.15 bits per heavy atom. The molecule has 0 saturated carbocycles. The number of hydrogen-bond acceptors (Lipinski definition) is 10. The van der Waals surface area contributed by atoms with Crippen molar-refractivity contribution in [3.05, 3.63) is 75.8 Å². The van der Waals surface area contributed by atoms with Crippen molar-refractivity contribution >= 4 is 41.0 Å². The Kier molecular flexibility index (Phi) is 9.28. The number of likely N-dealkylation sites (tertiary alicyclic amines) is 1. The first-order chi connectivity index (χ1) is 18.7. The van der Waals surface area contributed by atoms with Crippen LogP contribution in [0.5, 0.6) is 0 Å². The molecule has 0 spiro atoms. The molecule has 0 radical (unpaired) electrons. The molecule has 2 saturated heterocycles. The van der Waals surface area contributed by atoms with Gasteiger partial charge in [-0.25, -0.2) is 4.79 Å². The molecule has 2 aromatic rings. The highest BCUT2D eigenvalue weighted by Crippen LogP contribution is 2.33. The summed E-state index contributed by atoms with van der Waals surface area (Å²) in [5.41, 5.74) is 1.05. The van der Waals surface area contributed by atoms with Gasteiger partial charge in [0.2, 0.25) is 12.1 Å². The first-order valence-electron chi connectivity index (χ1n) is 12.2. The van der Waals surface area contributed by atoms with Crippen LogP contribution in [0.2, 0.25) is 0 Å². The maximum Gasteiger partial charge on any atom is 0.356 e. The minimum atomic E-state index is -1.98. The molecule has 2 fully saturated rings. The standard InChI is InChI=1S/C26H27N3O9S/c30-19(20-7-4-12-37-20)15-39-25-22(27-21(31)13-16-5-2-1-3-6-16)23(32)28(25)24(33)26(34)38-14-17-8-10-18(11-9-17)29(35)36/h1-3,5-6,8-11,20,22,24-25,33H,4,7,12-15H2,(H,27,31)/t20-,22+,24?,25+/m0/s1. The van der Waals surface area contributed by atoms with E-state index in [1.54, 1.807) is 24.3 Å². The minimum absolute atomic E-state index is 0.0245. The third kappa shape index (κ3) is 6.99. The van der Waals surface area contributed by atoms with Gasteiger partial charge in [0.1, 0.15) is 24.1 Å². The highest BCUT2D eigenvalue weighted by molar-refractivity contribution is 8.00. The number of ketones is 1. The van der Waals surface area contributed by atoms with Crippen molar-refractivity contribution in [1.82, 2.24) is 10.2 Å². The average molecular weight is 558 g/mol. The van der Waals surface area contributed by atoms with Crippen molar-refractivity contribution in [3.63, 3.8) is 0 Å². The van der Waals surface area contributed by atoms with Crippen molar-refractivity contribution in [2.45, 2.75) is 49.6 Å². The predicted molar refractivity (Wildman–Crippen MR) is 138 cm³/mol. The summed E-state index contributed by atoms with van der Waals surface area (Å²) in [6.45, 7) is 0.203. The molecule has 2 aromatic carbocycles. The van der Waals surface area contributed by atoms with Gasteiger partial charge in [-0.05, 0) is 36.1 Å². The van der Waals surface area contributed by atoms with Crippen molar-refractivity contribution in [2.24, 2.45) is 0 Å². The molecule has 2 heterocycles. The molecular weight excluding hydrogens is 530 g/mol. The molecule has 2 aliphatic rings. The summed E-state index contributed by atoms with van der Waals surface area (Å²) in [6, 6.07) is 13.2. The fourth-order valence-corrected chi connectivity index (χ4v) is 5.49. The summed E-state index contributed by atoms with van der Waals surface area (Å²) in [5, 5.41) is 23.2. The number of Topliss-reactive ketones (excluding diaryl/α,β-unsaturated/α-hetero) is 1. The number of nitro benzene ring substituents is 1. The van der Waals surface area contributed by atoms with Crippen molar-refractivity contribution in [1.29, 1.82) is 0 Å². The lowest BCUT2D eigenvalue weighted by Gasteiger charge is -2.47. The summed E-state index contributed by atoms with van der Waals surface area (Å²) >= 11 is 1.02. The normalized spacial score (nSPS) is 21.1. The number of carbonyl (C=O) groups excluding carboxylic acids is 4. The van der Waals surface area contributed by atoms with Crippen LogP contribution in [0, 0.1) is 10.1 Å². The first-order valence-corrected chi connectivity index (χ1v) is 13.3. The number of hydrogen-bond donors (Lipinski definition) is 2. The number of esters is 1. The van der Waals surface area contributed by atoms with E-state index < -0.39 is 46.5 Å². The van der Waals surface area contributed by atoms with Gasteiger partial charge in [0.15, 0.2) is 5.78 Å². The van der Waals surface area contributed by atoms with Gasteiger partial charge in [-0.2, -0.15) is 0 Å². The van der Waals surface area contributed by atoms with Gasteiger partial charge in [-0.1, -0.05) is 30.3 Å². The van der Waals surface area contributed by atoms with E-state index in [4.69, 9.17) is 9.47 Å². The Morgan fingerprint density at radius 3 is 2.51 bits per heavy atom. The number of non-ortho nitro benzene ring substituents is 1. The molecule has 2 aliphatic heterocycles. The van der Waals surface area contributed by atoms with E-state index in [9.17, 15) is 34.4 Å². The van der Waals surface area contributed by atoms with Crippen molar-refractivity contribution in [3.8, 4) is 0 Å². The number of carbonyl (C=O) groups is 4. The Morgan fingerprint density at radius 2 is 1.87 bits per heavy atom. The molecule has 0 bridgehead atoms. The lowest BCUT2D eigenvalue weighted by molar-refractivity contribution is -0.384. The lowest BCUT2D eigenvalue weighted by Crippen LogP contribution is -2.73.